The second kappa shape index (κ2) is 3.20. The lowest BCUT2D eigenvalue weighted by Gasteiger charge is -2.33. The maximum atomic E-state index is 11.5. The topological polar surface area (TPSA) is 49.4 Å². The molecule has 72 valence electrons. The minimum absolute atomic E-state index is 0.0537. The Labute approximate surface area is 90.5 Å². The first-order valence-electron chi connectivity index (χ1n) is 4.37. The Morgan fingerprint density at radius 2 is 1.92 bits per heavy atom. The van der Waals surface area contributed by atoms with E-state index in [1.54, 1.807) is 0 Å². The largest absolute Gasteiger partial charge is 0.296 e. The van der Waals surface area contributed by atoms with E-state index in [0.717, 1.165) is 25.9 Å². The molecule has 0 aliphatic carbocycles. The van der Waals surface area contributed by atoms with Crippen molar-refractivity contribution in [3.8, 4) is 0 Å². The van der Waals surface area contributed by atoms with Crippen molar-refractivity contribution in [1.29, 1.82) is 0 Å². The van der Waals surface area contributed by atoms with Gasteiger partial charge in [-0.05, 0) is 12.8 Å². The number of imide groups is 1. The van der Waals surface area contributed by atoms with E-state index in [0.29, 0.717) is 6.42 Å². The average Bonchev–Trinajstić information content (AvgIpc) is 2.34. The number of nitrogens with zero attached hydrogens (tertiary/aromatic N) is 1. The Morgan fingerprint density at radius 1 is 1.31 bits per heavy atom. The van der Waals surface area contributed by atoms with Crippen molar-refractivity contribution in [2.24, 2.45) is 5.41 Å². The summed E-state index contributed by atoms with van der Waals surface area (Å²) >= 11 is 2.26. The smallest absolute Gasteiger partial charge is 0.233 e. The Morgan fingerprint density at radius 3 is 2.38 bits per heavy atom. The Kier molecular flexibility index (Phi) is 2.31. The fourth-order valence-electron chi connectivity index (χ4n) is 2.00. The van der Waals surface area contributed by atoms with E-state index in [1.165, 1.54) is 0 Å². The minimum atomic E-state index is -0.362. The molecule has 4 nitrogen and oxygen atoms in total. The summed E-state index contributed by atoms with van der Waals surface area (Å²) < 4.78 is 2.17. The number of hydrogen-bond donors (Lipinski definition) is 1. The molecule has 0 aromatic heterocycles. The van der Waals surface area contributed by atoms with E-state index in [4.69, 9.17) is 0 Å². The molecular weight excluding hydrogens is 283 g/mol. The van der Waals surface area contributed by atoms with Gasteiger partial charge < -0.3 is 0 Å². The van der Waals surface area contributed by atoms with Gasteiger partial charge in [-0.25, -0.2) is 3.11 Å². The summed E-state index contributed by atoms with van der Waals surface area (Å²) in [5.74, 6) is -0.158. The molecule has 0 aromatic rings. The van der Waals surface area contributed by atoms with Crippen molar-refractivity contribution in [1.82, 2.24) is 8.43 Å². The summed E-state index contributed by atoms with van der Waals surface area (Å²) in [5, 5.41) is 2.39. The van der Waals surface area contributed by atoms with Crippen LogP contribution in [0.25, 0.3) is 0 Å². The van der Waals surface area contributed by atoms with Gasteiger partial charge in [-0.1, -0.05) is 0 Å². The molecule has 0 atom stereocenters. The molecule has 2 heterocycles. The molecule has 5 heteroatoms. The number of halogens is 1. The molecule has 0 saturated carbocycles. The maximum absolute atomic E-state index is 11.5. The predicted molar refractivity (Wildman–Crippen MR) is 55.0 cm³/mol. The van der Waals surface area contributed by atoms with Crippen LogP contribution in [0.15, 0.2) is 0 Å². The Hall–Kier alpha value is -0.170. The van der Waals surface area contributed by atoms with Gasteiger partial charge in [-0.15, -0.1) is 0 Å². The number of carbonyl (C=O) groups is 2. The summed E-state index contributed by atoms with van der Waals surface area (Å²) in [6.07, 6.45) is 2.03. The number of nitrogens with one attached hydrogen (secondary N) is 1. The van der Waals surface area contributed by atoms with E-state index in [-0.39, 0.29) is 17.2 Å². The molecule has 2 aliphatic heterocycles. The molecule has 1 spiro atoms. The van der Waals surface area contributed by atoms with Crippen molar-refractivity contribution in [3.63, 3.8) is 0 Å². The fraction of sp³-hybridized carbons (Fsp3) is 0.750. The molecule has 0 radical (unpaired) electrons. The number of piperidine rings is 1. The average molecular weight is 294 g/mol. The number of hydrogen-bond acceptors (Lipinski definition) is 3. The van der Waals surface area contributed by atoms with Crippen molar-refractivity contribution >= 4 is 34.7 Å². The zero-order valence-corrected chi connectivity index (χ0v) is 9.33. The monoisotopic (exact) mass is 294 g/mol. The molecule has 2 aliphatic rings. The SMILES string of the molecule is O=C1CC2(CCN(I)CC2)C(=O)N1. The maximum Gasteiger partial charge on any atom is 0.233 e. The molecule has 2 saturated heterocycles. The van der Waals surface area contributed by atoms with Crippen LogP contribution < -0.4 is 5.32 Å². The van der Waals surface area contributed by atoms with Crippen molar-refractivity contribution in [3.05, 3.63) is 0 Å². The quantitative estimate of drug-likeness (QED) is 0.401. The number of amides is 2. The van der Waals surface area contributed by atoms with Crippen LogP contribution in [0, 0.1) is 5.41 Å². The summed E-state index contributed by atoms with van der Waals surface area (Å²) in [5.41, 5.74) is -0.362. The molecule has 13 heavy (non-hydrogen) atoms. The first-order valence-corrected chi connectivity index (χ1v) is 5.34. The lowest BCUT2D eigenvalue weighted by molar-refractivity contribution is -0.129. The van der Waals surface area contributed by atoms with Crippen molar-refractivity contribution in [2.45, 2.75) is 19.3 Å². The van der Waals surface area contributed by atoms with Gasteiger partial charge in [-0.2, -0.15) is 0 Å². The summed E-state index contributed by atoms with van der Waals surface area (Å²) in [7, 11) is 0. The molecule has 0 unspecified atom stereocenters. The van der Waals surface area contributed by atoms with Crippen LogP contribution in [0.4, 0.5) is 0 Å². The van der Waals surface area contributed by atoms with Gasteiger partial charge in [0.15, 0.2) is 0 Å². The minimum Gasteiger partial charge on any atom is -0.296 e. The van der Waals surface area contributed by atoms with Crippen molar-refractivity contribution < 1.29 is 9.59 Å². The van der Waals surface area contributed by atoms with E-state index in [1.807, 2.05) is 0 Å². The highest BCUT2D eigenvalue weighted by Gasteiger charge is 2.47. The lowest BCUT2D eigenvalue weighted by atomic mass is 9.77. The van der Waals surface area contributed by atoms with Gasteiger partial charge in [0.05, 0.1) is 5.41 Å². The molecule has 2 amide bonds. The third-order valence-corrected chi connectivity index (χ3v) is 3.86. The van der Waals surface area contributed by atoms with Crippen molar-refractivity contribution in [2.75, 3.05) is 13.1 Å². The van der Waals surface area contributed by atoms with Crippen LogP contribution in [0.3, 0.4) is 0 Å². The van der Waals surface area contributed by atoms with E-state index in [2.05, 4.69) is 31.3 Å². The summed E-state index contributed by atoms with van der Waals surface area (Å²) in [6.45, 7) is 1.81. The van der Waals surface area contributed by atoms with Gasteiger partial charge in [0.1, 0.15) is 0 Å². The lowest BCUT2D eigenvalue weighted by Crippen LogP contribution is -2.40. The van der Waals surface area contributed by atoms with Crippen LogP contribution in [-0.2, 0) is 9.59 Å². The Bertz CT molecular complexity index is 259. The standard InChI is InChI=1S/C8H11IN2O2/c9-11-3-1-8(2-4-11)5-6(12)10-7(8)13/h1-5H2,(H,10,12,13). The zero-order valence-electron chi connectivity index (χ0n) is 7.18. The first kappa shape index (κ1) is 9.39. The summed E-state index contributed by atoms with van der Waals surface area (Å²) in [6, 6.07) is 0. The molecule has 2 fully saturated rings. The molecule has 1 N–H and O–H groups in total. The molecular formula is C8H11IN2O2. The van der Waals surface area contributed by atoms with Crippen LogP contribution in [-0.4, -0.2) is 28.0 Å². The highest BCUT2D eigenvalue weighted by Crippen LogP contribution is 2.39. The third kappa shape index (κ3) is 1.59. The van der Waals surface area contributed by atoms with Gasteiger partial charge in [0.25, 0.3) is 0 Å². The van der Waals surface area contributed by atoms with E-state index in [9.17, 15) is 9.59 Å². The first-order chi connectivity index (χ1) is 6.12. The van der Waals surface area contributed by atoms with Crippen LogP contribution in [0.1, 0.15) is 19.3 Å². The Balaban J connectivity index is 2.13. The third-order valence-electron chi connectivity index (χ3n) is 2.90. The van der Waals surface area contributed by atoms with E-state index >= 15 is 0 Å². The molecule has 0 aromatic carbocycles. The van der Waals surface area contributed by atoms with Crippen LogP contribution in [0.5, 0.6) is 0 Å². The second-order valence-corrected chi connectivity index (χ2v) is 5.11. The van der Waals surface area contributed by atoms with E-state index < -0.39 is 0 Å². The highest BCUT2D eigenvalue weighted by molar-refractivity contribution is 14.1. The molecule has 0 bridgehead atoms. The van der Waals surface area contributed by atoms with Crippen LogP contribution in [0.2, 0.25) is 0 Å². The normalized spacial score (nSPS) is 28.1. The number of rotatable bonds is 0. The van der Waals surface area contributed by atoms with Gasteiger partial charge in [0, 0.05) is 42.4 Å². The zero-order chi connectivity index (χ0) is 9.47. The van der Waals surface area contributed by atoms with Crippen LogP contribution >= 0.6 is 22.9 Å². The molecule has 2 rings (SSSR count). The second-order valence-electron chi connectivity index (χ2n) is 3.74. The summed E-state index contributed by atoms with van der Waals surface area (Å²) in [4.78, 5) is 22.6. The predicted octanol–water partition coefficient (Wildman–Crippen LogP) is 0.465. The fourth-order valence-corrected chi connectivity index (χ4v) is 2.48. The highest BCUT2D eigenvalue weighted by atomic mass is 127. The van der Waals surface area contributed by atoms with Gasteiger partial charge >= 0.3 is 0 Å². The number of carbonyl (C=O) groups excluding carboxylic acids is 2. The van der Waals surface area contributed by atoms with Gasteiger partial charge in [0.2, 0.25) is 11.8 Å². The van der Waals surface area contributed by atoms with Gasteiger partial charge in [-0.3, -0.25) is 14.9 Å².